The summed E-state index contributed by atoms with van der Waals surface area (Å²) in [5.41, 5.74) is 5.79. The number of rotatable bonds is 9. The summed E-state index contributed by atoms with van der Waals surface area (Å²) in [5.74, 6) is -3.06. The van der Waals surface area contributed by atoms with Crippen molar-refractivity contribution in [2.24, 2.45) is 0 Å². The van der Waals surface area contributed by atoms with Crippen molar-refractivity contribution in [1.29, 1.82) is 0 Å². The molecular formula is C29H31F2N3O4. The SMILES string of the molecule is CC(C)(NCCc1ccc(-c2cc(C(=O)c3ccc(F)cc3F)c(N)[nH]c2=O)cc1)C(=O)OC1CCCC1. The fraction of sp³-hybridized carbons (Fsp3) is 0.345. The molecule has 0 aliphatic heterocycles. The monoisotopic (exact) mass is 523 g/mol. The molecule has 4 rings (SSSR count). The topological polar surface area (TPSA) is 114 Å². The highest BCUT2D eigenvalue weighted by Crippen LogP contribution is 2.24. The Bertz CT molecular complexity index is 1390. The second-order valence-corrected chi connectivity index (χ2v) is 10.1. The number of carbonyl (C=O) groups is 2. The van der Waals surface area contributed by atoms with Crippen LogP contribution in [0.3, 0.4) is 0 Å². The van der Waals surface area contributed by atoms with Crippen molar-refractivity contribution in [2.45, 2.75) is 57.6 Å². The van der Waals surface area contributed by atoms with E-state index < -0.39 is 28.5 Å². The maximum atomic E-state index is 14.2. The minimum absolute atomic E-state index is 0.0122. The number of aromatic amines is 1. The zero-order valence-corrected chi connectivity index (χ0v) is 21.4. The first-order chi connectivity index (χ1) is 18.0. The Morgan fingerprint density at radius 2 is 1.74 bits per heavy atom. The van der Waals surface area contributed by atoms with Crippen LogP contribution in [0.15, 0.2) is 53.3 Å². The minimum Gasteiger partial charge on any atom is -0.461 e. The van der Waals surface area contributed by atoms with E-state index >= 15 is 0 Å². The van der Waals surface area contributed by atoms with Crippen LogP contribution in [0.1, 0.15) is 61.0 Å². The summed E-state index contributed by atoms with van der Waals surface area (Å²) < 4.78 is 33.1. The lowest BCUT2D eigenvalue weighted by molar-refractivity contribution is -0.155. The maximum absolute atomic E-state index is 14.2. The van der Waals surface area contributed by atoms with Crippen molar-refractivity contribution in [2.75, 3.05) is 12.3 Å². The van der Waals surface area contributed by atoms with Crippen LogP contribution in [0.5, 0.6) is 0 Å². The molecule has 1 fully saturated rings. The Hall–Kier alpha value is -3.85. The number of pyridine rings is 1. The van der Waals surface area contributed by atoms with Gasteiger partial charge in [0.05, 0.1) is 11.1 Å². The molecule has 4 N–H and O–H groups in total. The zero-order valence-electron chi connectivity index (χ0n) is 21.4. The summed E-state index contributed by atoms with van der Waals surface area (Å²) >= 11 is 0. The number of aromatic nitrogens is 1. The Labute approximate surface area is 219 Å². The van der Waals surface area contributed by atoms with Crippen molar-refractivity contribution in [3.8, 4) is 11.1 Å². The molecule has 1 aromatic heterocycles. The molecule has 1 heterocycles. The third kappa shape index (κ3) is 6.16. The number of nitrogens with two attached hydrogens (primary N) is 1. The second kappa shape index (κ2) is 11.3. The molecule has 0 atom stereocenters. The minimum atomic E-state index is -1.02. The van der Waals surface area contributed by atoms with Crippen LogP contribution >= 0.6 is 0 Å². The fourth-order valence-electron chi connectivity index (χ4n) is 4.51. The number of nitrogen functional groups attached to an aromatic ring is 1. The summed E-state index contributed by atoms with van der Waals surface area (Å²) in [5, 5.41) is 3.25. The molecule has 0 spiro atoms. The van der Waals surface area contributed by atoms with Crippen LogP contribution in [-0.4, -0.2) is 34.9 Å². The van der Waals surface area contributed by atoms with Gasteiger partial charge >= 0.3 is 5.97 Å². The number of carbonyl (C=O) groups excluding carboxylic acids is 2. The molecular weight excluding hydrogens is 492 g/mol. The number of hydrogen-bond donors (Lipinski definition) is 3. The van der Waals surface area contributed by atoms with E-state index in [1.807, 2.05) is 12.1 Å². The van der Waals surface area contributed by atoms with Crippen LogP contribution in [0, 0.1) is 11.6 Å². The summed E-state index contributed by atoms with van der Waals surface area (Å²) in [7, 11) is 0. The third-order valence-electron chi connectivity index (χ3n) is 6.82. The Morgan fingerprint density at radius 3 is 2.39 bits per heavy atom. The van der Waals surface area contributed by atoms with Crippen molar-refractivity contribution in [3.05, 3.63) is 87.2 Å². The number of halogens is 2. The lowest BCUT2D eigenvalue weighted by Crippen LogP contribution is -2.49. The van der Waals surface area contributed by atoms with Crippen LogP contribution in [0.2, 0.25) is 0 Å². The normalized spacial score (nSPS) is 14.0. The predicted octanol–water partition coefficient (Wildman–Crippen LogP) is 4.53. The van der Waals surface area contributed by atoms with Crippen molar-refractivity contribution in [3.63, 3.8) is 0 Å². The summed E-state index contributed by atoms with van der Waals surface area (Å²) in [6.45, 7) is 4.14. The van der Waals surface area contributed by atoms with E-state index in [1.165, 1.54) is 6.07 Å². The number of ketones is 1. The van der Waals surface area contributed by atoms with Gasteiger partial charge in [-0.25, -0.2) is 8.78 Å². The molecule has 0 saturated heterocycles. The van der Waals surface area contributed by atoms with E-state index in [9.17, 15) is 23.2 Å². The first kappa shape index (κ1) is 27.2. The van der Waals surface area contributed by atoms with Gasteiger partial charge in [0, 0.05) is 18.2 Å². The van der Waals surface area contributed by atoms with Gasteiger partial charge in [0.15, 0.2) is 5.78 Å². The Kier molecular flexibility index (Phi) is 8.06. The van der Waals surface area contributed by atoms with E-state index in [4.69, 9.17) is 10.5 Å². The Morgan fingerprint density at radius 1 is 1.05 bits per heavy atom. The zero-order chi connectivity index (χ0) is 27.4. The Balaban J connectivity index is 1.43. The van der Waals surface area contributed by atoms with Crippen LogP contribution in [0.4, 0.5) is 14.6 Å². The average Bonchev–Trinajstić information content (AvgIpc) is 3.37. The summed E-state index contributed by atoms with van der Waals surface area (Å²) in [4.78, 5) is 40.5. The molecule has 200 valence electrons. The molecule has 38 heavy (non-hydrogen) atoms. The second-order valence-electron chi connectivity index (χ2n) is 10.1. The number of anilines is 1. The molecule has 0 unspecified atom stereocenters. The van der Waals surface area contributed by atoms with Gasteiger partial charge in [0.25, 0.3) is 5.56 Å². The van der Waals surface area contributed by atoms with E-state index in [-0.39, 0.29) is 34.6 Å². The van der Waals surface area contributed by atoms with Gasteiger partial charge in [-0.15, -0.1) is 0 Å². The molecule has 9 heteroatoms. The number of hydrogen-bond acceptors (Lipinski definition) is 6. The quantitative estimate of drug-likeness (QED) is 0.281. The lowest BCUT2D eigenvalue weighted by atomic mass is 9.98. The lowest BCUT2D eigenvalue weighted by Gasteiger charge is -2.26. The molecule has 3 aromatic rings. The molecule has 0 bridgehead atoms. The van der Waals surface area contributed by atoms with Crippen molar-refractivity contribution < 1.29 is 23.1 Å². The molecule has 1 saturated carbocycles. The molecule has 7 nitrogen and oxygen atoms in total. The smallest absolute Gasteiger partial charge is 0.326 e. The van der Waals surface area contributed by atoms with Crippen LogP contribution in [0.25, 0.3) is 11.1 Å². The number of ether oxygens (including phenoxy) is 1. The number of esters is 1. The first-order valence-electron chi connectivity index (χ1n) is 12.6. The standard InChI is InChI=1S/C29H31F2N3O4/c1-29(2,28(37)38-20-5-3-4-6-20)33-14-13-17-7-9-18(10-8-17)22-16-23(26(32)34-27(22)36)25(35)21-12-11-19(30)15-24(21)31/h7-12,15-16,20,33H,3-6,13-14H2,1-2H3,(H3,32,34,36). The van der Waals surface area contributed by atoms with Crippen LogP contribution in [-0.2, 0) is 16.0 Å². The van der Waals surface area contributed by atoms with Gasteiger partial charge in [0.1, 0.15) is 29.1 Å². The van der Waals surface area contributed by atoms with Crippen molar-refractivity contribution >= 4 is 17.6 Å². The van der Waals surface area contributed by atoms with Gasteiger partial charge in [0.2, 0.25) is 0 Å². The average molecular weight is 524 g/mol. The van der Waals surface area contributed by atoms with Gasteiger partial charge in [-0.05, 0) is 75.3 Å². The fourth-order valence-corrected chi connectivity index (χ4v) is 4.51. The van der Waals surface area contributed by atoms with Gasteiger partial charge in [-0.1, -0.05) is 24.3 Å². The third-order valence-corrected chi connectivity index (χ3v) is 6.82. The highest BCUT2D eigenvalue weighted by Gasteiger charge is 2.31. The first-order valence-corrected chi connectivity index (χ1v) is 12.6. The van der Waals surface area contributed by atoms with Gasteiger partial charge in [-0.3, -0.25) is 14.4 Å². The molecule has 1 aliphatic carbocycles. The van der Waals surface area contributed by atoms with Gasteiger partial charge < -0.3 is 20.8 Å². The molecule has 1 aliphatic rings. The molecule has 0 radical (unpaired) electrons. The summed E-state index contributed by atoms with van der Waals surface area (Å²) in [6.07, 6.45) is 4.67. The number of H-pyrrole nitrogens is 1. The maximum Gasteiger partial charge on any atom is 0.326 e. The van der Waals surface area contributed by atoms with Crippen LogP contribution < -0.4 is 16.6 Å². The van der Waals surface area contributed by atoms with Gasteiger partial charge in [-0.2, -0.15) is 0 Å². The van der Waals surface area contributed by atoms with E-state index in [0.717, 1.165) is 43.4 Å². The summed E-state index contributed by atoms with van der Waals surface area (Å²) in [6, 6.07) is 11.1. The molecule has 0 amide bonds. The highest BCUT2D eigenvalue weighted by atomic mass is 19.1. The number of nitrogens with one attached hydrogen (secondary N) is 2. The molecule has 2 aromatic carbocycles. The predicted molar refractivity (Wildman–Crippen MR) is 141 cm³/mol. The van der Waals surface area contributed by atoms with E-state index in [2.05, 4.69) is 10.3 Å². The number of benzene rings is 2. The van der Waals surface area contributed by atoms with Crippen molar-refractivity contribution in [1.82, 2.24) is 10.3 Å². The largest absolute Gasteiger partial charge is 0.461 e. The van der Waals surface area contributed by atoms with E-state index in [0.29, 0.717) is 24.6 Å². The highest BCUT2D eigenvalue weighted by molar-refractivity contribution is 6.12. The van der Waals surface area contributed by atoms with E-state index in [1.54, 1.807) is 26.0 Å².